The van der Waals surface area contributed by atoms with Gasteiger partial charge in [0.1, 0.15) is 5.65 Å². The lowest BCUT2D eigenvalue weighted by Gasteiger charge is -2.16. The Kier molecular flexibility index (Phi) is 3.69. The van der Waals surface area contributed by atoms with Crippen molar-refractivity contribution in [3.8, 4) is 11.3 Å². The molecule has 4 nitrogen and oxygen atoms in total. The molecule has 24 heavy (non-hydrogen) atoms. The van der Waals surface area contributed by atoms with Gasteiger partial charge in [0.2, 0.25) is 0 Å². The zero-order chi connectivity index (χ0) is 16.7. The second kappa shape index (κ2) is 5.87. The van der Waals surface area contributed by atoms with Gasteiger partial charge in [-0.1, -0.05) is 18.2 Å². The molecule has 1 aromatic carbocycles. The minimum absolute atomic E-state index is 0.959. The SMILES string of the molecule is Cc1ccc2c3nc4ccccc4c-3cn(CCCN(C)C)c2n1. The van der Waals surface area contributed by atoms with Crippen molar-refractivity contribution in [1.29, 1.82) is 0 Å². The van der Waals surface area contributed by atoms with Crippen LogP contribution in [-0.4, -0.2) is 40.1 Å². The van der Waals surface area contributed by atoms with Gasteiger partial charge in [0.15, 0.2) is 0 Å². The van der Waals surface area contributed by atoms with Crippen molar-refractivity contribution in [2.75, 3.05) is 20.6 Å². The third-order valence-corrected chi connectivity index (χ3v) is 4.51. The van der Waals surface area contributed by atoms with E-state index < -0.39 is 0 Å². The van der Waals surface area contributed by atoms with E-state index in [9.17, 15) is 0 Å². The molecule has 4 rings (SSSR count). The second-order valence-corrected chi connectivity index (χ2v) is 6.69. The van der Waals surface area contributed by atoms with E-state index in [-0.39, 0.29) is 0 Å². The summed E-state index contributed by atoms with van der Waals surface area (Å²) >= 11 is 0. The summed E-state index contributed by atoms with van der Waals surface area (Å²) in [6.45, 7) is 4.07. The first-order valence-corrected chi connectivity index (χ1v) is 8.43. The average Bonchev–Trinajstić information content (AvgIpc) is 2.93. The predicted molar refractivity (Wildman–Crippen MR) is 99.6 cm³/mol. The van der Waals surface area contributed by atoms with Crippen molar-refractivity contribution >= 4 is 21.9 Å². The number of rotatable bonds is 4. The fourth-order valence-electron chi connectivity index (χ4n) is 3.33. The van der Waals surface area contributed by atoms with Gasteiger partial charge in [-0.15, -0.1) is 0 Å². The van der Waals surface area contributed by atoms with Crippen molar-refractivity contribution in [2.24, 2.45) is 0 Å². The van der Waals surface area contributed by atoms with Gasteiger partial charge >= 0.3 is 0 Å². The van der Waals surface area contributed by atoms with E-state index in [1.165, 1.54) is 10.9 Å². The molecule has 0 atom stereocenters. The molecule has 4 heteroatoms. The fourth-order valence-corrected chi connectivity index (χ4v) is 3.33. The summed E-state index contributed by atoms with van der Waals surface area (Å²) < 4.78 is 2.29. The highest BCUT2D eigenvalue weighted by Crippen LogP contribution is 2.36. The third kappa shape index (κ3) is 2.53. The molecule has 2 aliphatic rings. The number of pyridine rings is 2. The lowest BCUT2D eigenvalue weighted by atomic mass is 10.1. The summed E-state index contributed by atoms with van der Waals surface area (Å²) in [6.07, 6.45) is 3.33. The maximum Gasteiger partial charge on any atom is 0.142 e. The number of nitrogens with zero attached hydrogens (tertiary/aromatic N) is 4. The van der Waals surface area contributed by atoms with E-state index in [1.807, 2.05) is 13.0 Å². The van der Waals surface area contributed by atoms with E-state index in [1.54, 1.807) is 0 Å². The first-order chi connectivity index (χ1) is 11.6. The molecule has 0 unspecified atom stereocenters. The molecular weight excluding hydrogens is 296 g/mol. The van der Waals surface area contributed by atoms with Gasteiger partial charge in [-0.3, -0.25) is 0 Å². The normalized spacial score (nSPS) is 12.0. The quantitative estimate of drug-likeness (QED) is 0.571. The Hall–Kier alpha value is -2.46. The number of aryl methyl sites for hydroxylation is 2. The minimum Gasteiger partial charge on any atom is -0.332 e. The third-order valence-electron chi connectivity index (χ3n) is 4.51. The molecule has 0 spiro atoms. The summed E-state index contributed by atoms with van der Waals surface area (Å²) in [5, 5.41) is 2.36. The van der Waals surface area contributed by atoms with Crippen LogP contribution in [0, 0.1) is 6.92 Å². The van der Waals surface area contributed by atoms with Gasteiger partial charge < -0.3 is 9.47 Å². The highest BCUT2D eigenvalue weighted by Gasteiger charge is 2.17. The van der Waals surface area contributed by atoms with Crippen LogP contribution >= 0.6 is 0 Å². The first-order valence-electron chi connectivity index (χ1n) is 8.43. The molecule has 2 aliphatic heterocycles. The molecule has 0 fully saturated rings. The highest BCUT2D eigenvalue weighted by atomic mass is 15.1. The van der Waals surface area contributed by atoms with Crippen LogP contribution in [0.2, 0.25) is 0 Å². The highest BCUT2D eigenvalue weighted by molar-refractivity contribution is 6.05. The minimum atomic E-state index is 0.959. The van der Waals surface area contributed by atoms with Crippen LogP contribution in [0.1, 0.15) is 12.1 Å². The van der Waals surface area contributed by atoms with Crippen LogP contribution in [0.25, 0.3) is 33.2 Å². The Morgan fingerprint density at radius 3 is 2.67 bits per heavy atom. The van der Waals surface area contributed by atoms with Gasteiger partial charge in [-0.25, -0.2) is 9.97 Å². The standard InChI is InChI=1S/C20H22N4/c1-14-9-10-16-19-17(15-7-4-5-8-18(15)22-19)13-24(20(16)21-14)12-6-11-23(2)3/h4-5,7-10,13H,6,11-12H2,1-3H3. The summed E-state index contributed by atoms with van der Waals surface area (Å²) in [6, 6.07) is 12.6. The van der Waals surface area contributed by atoms with Crippen LogP contribution in [0.15, 0.2) is 42.6 Å². The van der Waals surface area contributed by atoms with E-state index in [2.05, 4.69) is 60.1 Å². The number of aromatic nitrogens is 3. The molecular formula is C20H22N4. The number of fused-ring (bicyclic) bond motifs is 5. The monoisotopic (exact) mass is 318 g/mol. The molecule has 3 heterocycles. The van der Waals surface area contributed by atoms with Gasteiger partial charge in [0.05, 0.1) is 11.2 Å². The number of para-hydroxylation sites is 1. The van der Waals surface area contributed by atoms with Crippen molar-refractivity contribution in [3.05, 3.63) is 48.3 Å². The van der Waals surface area contributed by atoms with E-state index in [4.69, 9.17) is 9.97 Å². The first kappa shape index (κ1) is 15.1. The van der Waals surface area contributed by atoms with Crippen LogP contribution in [0.3, 0.4) is 0 Å². The fraction of sp³-hybridized carbons (Fsp3) is 0.300. The van der Waals surface area contributed by atoms with Crippen molar-refractivity contribution < 1.29 is 0 Å². The summed E-state index contributed by atoms with van der Waals surface area (Å²) in [5.41, 5.74) is 5.40. The molecule has 0 N–H and O–H groups in total. The second-order valence-electron chi connectivity index (χ2n) is 6.69. The lowest BCUT2D eigenvalue weighted by molar-refractivity contribution is 0.387. The van der Waals surface area contributed by atoms with Gasteiger partial charge in [-0.2, -0.15) is 0 Å². The maximum atomic E-state index is 4.86. The van der Waals surface area contributed by atoms with Crippen LogP contribution < -0.4 is 0 Å². The lowest BCUT2D eigenvalue weighted by Crippen LogP contribution is -2.15. The smallest absolute Gasteiger partial charge is 0.142 e. The van der Waals surface area contributed by atoms with Crippen LogP contribution in [0.5, 0.6) is 0 Å². The molecule has 0 radical (unpaired) electrons. The van der Waals surface area contributed by atoms with Crippen LogP contribution in [-0.2, 0) is 6.54 Å². The Balaban J connectivity index is 1.95. The zero-order valence-corrected chi connectivity index (χ0v) is 14.5. The Bertz CT molecular complexity index is 984. The maximum absolute atomic E-state index is 4.86. The molecule has 122 valence electrons. The molecule has 0 aliphatic carbocycles. The zero-order valence-electron chi connectivity index (χ0n) is 14.5. The van der Waals surface area contributed by atoms with Crippen molar-refractivity contribution in [2.45, 2.75) is 19.9 Å². The van der Waals surface area contributed by atoms with E-state index in [0.717, 1.165) is 47.4 Å². The Labute approximate surface area is 142 Å². The largest absolute Gasteiger partial charge is 0.332 e. The van der Waals surface area contributed by atoms with E-state index in [0.29, 0.717) is 0 Å². The molecule has 1 aromatic heterocycles. The number of hydrogen-bond acceptors (Lipinski definition) is 3. The average molecular weight is 318 g/mol. The summed E-state index contributed by atoms with van der Waals surface area (Å²) in [4.78, 5) is 11.9. The summed E-state index contributed by atoms with van der Waals surface area (Å²) in [7, 11) is 4.23. The molecule has 0 saturated carbocycles. The van der Waals surface area contributed by atoms with Gasteiger partial charge in [0, 0.05) is 34.8 Å². The summed E-state index contributed by atoms with van der Waals surface area (Å²) in [5.74, 6) is 0. The topological polar surface area (TPSA) is 34.0 Å². The molecule has 2 aromatic rings. The predicted octanol–water partition coefficient (Wildman–Crippen LogP) is 3.95. The van der Waals surface area contributed by atoms with Crippen LogP contribution in [0.4, 0.5) is 0 Å². The molecule has 0 bridgehead atoms. The van der Waals surface area contributed by atoms with Crippen molar-refractivity contribution in [1.82, 2.24) is 19.4 Å². The van der Waals surface area contributed by atoms with E-state index >= 15 is 0 Å². The van der Waals surface area contributed by atoms with Gasteiger partial charge in [0.25, 0.3) is 0 Å². The van der Waals surface area contributed by atoms with Gasteiger partial charge in [-0.05, 0) is 52.2 Å². The Morgan fingerprint density at radius 2 is 1.83 bits per heavy atom. The molecule has 0 saturated heterocycles. The van der Waals surface area contributed by atoms with Crippen molar-refractivity contribution in [3.63, 3.8) is 0 Å². The number of hydrogen-bond donors (Lipinski definition) is 0. The molecule has 0 amide bonds. The number of benzene rings is 1. The Morgan fingerprint density at radius 1 is 1.00 bits per heavy atom.